The maximum atomic E-state index is 5.44. The molecule has 2 aromatic carbocycles. The number of para-hydroxylation sites is 2. The first kappa shape index (κ1) is 11.1. The van der Waals surface area contributed by atoms with Crippen LogP contribution in [0.2, 0.25) is 0 Å². The topological polar surface area (TPSA) is 41.8 Å². The molecule has 0 saturated carbocycles. The van der Waals surface area contributed by atoms with Crippen molar-refractivity contribution in [3.8, 4) is 22.7 Å². The molecule has 0 fully saturated rings. The van der Waals surface area contributed by atoms with Gasteiger partial charge in [0, 0.05) is 11.1 Å². The highest BCUT2D eigenvalue weighted by Crippen LogP contribution is 2.26. The lowest BCUT2D eigenvalue weighted by atomic mass is 10.1. The fraction of sp³-hybridized carbons (Fsp3) is 0. The van der Waals surface area contributed by atoms with Crippen LogP contribution in [0.1, 0.15) is 0 Å². The average molecular weight is 260 g/mol. The highest BCUT2D eigenvalue weighted by Gasteiger charge is 2.07. The second-order valence-corrected chi connectivity index (χ2v) is 4.66. The Balaban J connectivity index is 1.84. The van der Waals surface area contributed by atoms with E-state index >= 15 is 0 Å². The monoisotopic (exact) mass is 260 g/mol. The fourth-order valence-electron chi connectivity index (χ4n) is 2.35. The van der Waals surface area contributed by atoms with Gasteiger partial charge in [0.1, 0.15) is 11.6 Å². The van der Waals surface area contributed by atoms with E-state index in [1.165, 1.54) is 0 Å². The molecule has 2 aromatic heterocycles. The quantitative estimate of drug-likeness (QED) is 0.577. The smallest absolute Gasteiger partial charge is 0.138 e. The highest BCUT2D eigenvalue weighted by molar-refractivity contribution is 5.80. The van der Waals surface area contributed by atoms with Crippen LogP contribution in [-0.4, -0.2) is 9.97 Å². The maximum absolute atomic E-state index is 5.44. The molecule has 3 heteroatoms. The number of imidazole rings is 1. The van der Waals surface area contributed by atoms with Crippen LogP contribution in [0.3, 0.4) is 0 Å². The lowest BCUT2D eigenvalue weighted by molar-refractivity contribution is 0.582. The molecule has 0 aliphatic heterocycles. The van der Waals surface area contributed by atoms with Crippen LogP contribution in [0.4, 0.5) is 0 Å². The van der Waals surface area contributed by atoms with Gasteiger partial charge in [0.15, 0.2) is 0 Å². The van der Waals surface area contributed by atoms with Crippen molar-refractivity contribution < 1.29 is 4.42 Å². The third-order valence-electron chi connectivity index (χ3n) is 3.33. The van der Waals surface area contributed by atoms with E-state index in [0.29, 0.717) is 0 Å². The molecule has 2 heterocycles. The van der Waals surface area contributed by atoms with Crippen LogP contribution in [0, 0.1) is 0 Å². The number of benzene rings is 2. The molecule has 0 aliphatic carbocycles. The van der Waals surface area contributed by atoms with Crippen LogP contribution in [0.15, 0.2) is 71.3 Å². The minimum Gasteiger partial charge on any atom is -0.464 e. The van der Waals surface area contributed by atoms with E-state index in [1.807, 2.05) is 54.6 Å². The first-order valence-corrected chi connectivity index (χ1v) is 6.49. The molecule has 0 bridgehead atoms. The van der Waals surface area contributed by atoms with Gasteiger partial charge in [-0.3, -0.25) is 0 Å². The second-order valence-electron chi connectivity index (χ2n) is 4.66. The molecular weight excluding hydrogens is 248 g/mol. The van der Waals surface area contributed by atoms with Crippen LogP contribution >= 0.6 is 0 Å². The molecule has 4 aromatic rings. The van der Waals surface area contributed by atoms with E-state index in [0.717, 1.165) is 33.7 Å². The average Bonchev–Trinajstić information content (AvgIpc) is 3.16. The molecule has 0 radical (unpaired) electrons. The summed E-state index contributed by atoms with van der Waals surface area (Å²) in [5, 5.41) is 0. The van der Waals surface area contributed by atoms with E-state index in [4.69, 9.17) is 4.42 Å². The van der Waals surface area contributed by atoms with Crippen molar-refractivity contribution in [3.63, 3.8) is 0 Å². The summed E-state index contributed by atoms with van der Waals surface area (Å²) in [6.07, 6.45) is 1.68. The van der Waals surface area contributed by atoms with Crippen LogP contribution in [-0.2, 0) is 0 Å². The van der Waals surface area contributed by atoms with E-state index < -0.39 is 0 Å². The number of furan rings is 1. The summed E-state index contributed by atoms with van der Waals surface area (Å²) < 4.78 is 5.44. The van der Waals surface area contributed by atoms with Gasteiger partial charge in [-0.1, -0.05) is 30.3 Å². The number of nitrogens with zero attached hydrogens (tertiary/aromatic N) is 1. The largest absolute Gasteiger partial charge is 0.464 e. The Morgan fingerprint density at radius 3 is 2.60 bits per heavy atom. The molecule has 0 saturated heterocycles. The predicted octanol–water partition coefficient (Wildman–Crippen LogP) is 4.49. The lowest BCUT2D eigenvalue weighted by Gasteiger charge is -2.00. The van der Waals surface area contributed by atoms with Crippen molar-refractivity contribution in [2.75, 3.05) is 0 Å². The van der Waals surface area contributed by atoms with Crippen molar-refractivity contribution in [3.05, 3.63) is 66.9 Å². The van der Waals surface area contributed by atoms with Gasteiger partial charge in [0.25, 0.3) is 0 Å². The molecule has 0 spiro atoms. The zero-order valence-electron chi connectivity index (χ0n) is 10.7. The summed E-state index contributed by atoms with van der Waals surface area (Å²) in [5.41, 5.74) is 4.12. The Morgan fingerprint density at radius 1 is 0.850 bits per heavy atom. The van der Waals surface area contributed by atoms with Crippen molar-refractivity contribution in [2.24, 2.45) is 0 Å². The second kappa shape index (κ2) is 4.38. The van der Waals surface area contributed by atoms with Crippen molar-refractivity contribution in [2.45, 2.75) is 0 Å². The molecule has 96 valence electrons. The standard InChI is InChI=1S/C17H12N2O/c1-2-8-15-14(7-1)18-17(19-15)13-6-3-5-12(11-13)16-9-4-10-20-16/h1-11H,(H,18,19). The maximum Gasteiger partial charge on any atom is 0.138 e. The Morgan fingerprint density at radius 2 is 1.75 bits per heavy atom. The third-order valence-corrected chi connectivity index (χ3v) is 3.33. The molecule has 20 heavy (non-hydrogen) atoms. The Bertz CT molecular complexity index is 826. The molecule has 0 aliphatic rings. The SMILES string of the molecule is c1cc(-c2nc3ccccc3[nH]2)cc(-c2ccco2)c1. The van der Waals surface area contributed by atoms with Gasteiger partial charge in [-0.25, -0.2) is 4.98 Å². The van der Waals surface area contributed by atoms with Gasteiger partial charge in [0.2, 0.25) is 0 Å². The molecular formula is C17H12N2O. The van der Waals surface area contributed by atoms with E-state index in [-0.39, 0.29) is 0 Å². The number of fused-ring (bicyclic) bond motifs is 1. The zero-order chi connectivity index (χ0) is 13.4. The predicted molar refractivity (Wildman–Crippen MR) is 79.2 cm³/mol. The van der Waals surface area contributed by atoms with Gasteiger partial charge >= 0.3 is 0 Å². The molecule has 1 N–H and O–H groups in total. The third kappa shape index (κ3) is 1.80. The van der Waals surface area contributed by atoms with Crippen LogP contribution in [0.25, 0.3) is 33.7 Å². The van der Waals surface area contributed by atoms with Gasteiger partial charge in [0.05, 0.1) is 17.3 Å². The first-order valence-electron chi connectivity index (χ1n) is 6.49. The number of hydrogen-bond donors (Lipinski definition) is 1. The summed E-state index contributed by atoms with van der Waals surface area (Å²) in [5.74, 6) is 1.74. The first-order chi connectivity index (χ1) is 9.90. The van der Waals surface area contributed by atoms with Crippen molar-refractivity contribution in [1.82, 2.24) is 9.97 Å². The summed E-state index contributed by atoms with van der Waals surface area (Å²) >= 11 is 0. The van der Waals surface area contributed by atoms with Gasteiger partial charge in [-0.15, -0.1) is 0 Å². The van der Waals surface area contributed by atoms with E-state index in [2.05, 4.69) is 16.0 Å². The molecule has 0 atom stereocenters. The number of rotatable bonds is 2. The zero-order valence-corrected chi connectivity index (χ0v) is 10.7. The van der Waals surface area contributed by atoms with Crippen LogP contribution in [0.5, 0.6) is 0 Å². The lowest BCUT2D eigenvalue weighted by Crippen LogP contribution is -1.81. The Hall–Kier alpha value is -2.81. The fourth-order valence-corrected chi connectivity index (χ4v) is 2.35. The number of aromatic nitrogens is 2. The Labute approximate surface area is 115 Å². The minimum atomic E-state index is 0.864. The Kier molecular flexibility index (Phi) is 2.42. The van der Waals surface area contributed by atoms with E-state index in [9.17, 15) is 0 Å². The summed E-state index contributed by atoms with van der Waals surface area (Å²) in [4.78, 5) is 7.96. The molecule has 0 amide bonds. The highest BCUT2D eigenvalue weighted by atomic mass is 16.3. The number of H-pyrrole nitrogens is 1. The van der Waals surface area contributed by atoms with Gasteiger partial charge in [-0.05, 0) is 30.3 Å². The summed E-state index contributed by atoms with van der Waals surface area (Å²) in [7, 11) is 0. The molecule has 3 nitrogen and oxygen atoms in total. The summed E-state index contributed by atoms with van der Waals surface area (Å²) in [6, 6.07) is 20.1. The molecule has 0 unspecified atom stereocenters. The number of aromatic amines is 1. The van der Waals surface area contributed by atoms with Gasteiger partial charge in [-0.2, -0.15) is 0 Å². The molecule has 4 rings (SSSR count). The number of nitrogens with one attached hydrogen (secondary N) is 1. The van der Waals surface area contributed by atoms with Crippen molar-refractivity contribution >= 4 is 11.0 Å². The number of hydrogen-bond acceptors (Lipinski definition) is 2. The van der Waals surface area contributed by atoms with E-state index in [1.54, 1.807) is 6.26 Å². The van der Waals surface area contributed by atoms with Gasteiger partial charge < -0.3 is 9.40 Å². The summed E-state index contributed by atoms with van der Waals surface area (Å²) in [6.45, 7) is 0. The van der Waals surface area contributed by atoms with Crippen molar-refractivity contribution in [1.29, 1.82) is 0 Å². The minimum absolute atomic E-state index is 0.864. The van der Waals surface area contributed by atoms with Crippen LogP contribution < -0.4 is 0 Å². The normalized spacial score (nSPS) is 11.0.